The number of methoxy groups -OCH3 is 1. The first kappa shape index (κ1) is 25.0. The molecule has 0 aliphatic heterocycles. The third-order valence-electron chi connectivity index (χ3n) is 5.80. The van der Waals surface area contributed by atoms with E-state index in [1.807, 2.05) is 54.6 Å². The van der Waals surface area contributed by atoms with E-state index in [0.717, 1.165) is 40.7 Å². The molecule has 0 bridgehead atoms. The number of rotatable bonds is 9. The lowest BCUT2D eigenvalue weighted by molar-refractivity contribution is -0.118. The molecule has 2 aromatic carbocycles. The van der Waals surface area contributed by atoms with Gasteiger partial charge in [0.1, 0.15) is 5.75 Å². The predicted octanol–water partition coefficient (Wildman–Crippen LogP) is 6.02. The molecule has 0 unspecified atom stereocenters. The molecule has 0 radical (unpaired) electrons. The number of amides is 1. The zero-order valence-corrected chi connectivity index (χ0v) is 21.1. The first-order valence-corrected chi connectivity index (χ1v) is 13.0. The van der Waals surface area contributed by atoms with Crippen molar-refractivity contribution in [3.63, 3.8) is 0 Å². The van der Waals surface area contributed by atoms with Crippen molar-refractivity contribution in [1.82, 2.24) is 20.2 Å². The van der Waals surface area contributed by atoms with Crippen molar-refractivity contribution in [1.29, 1.82) is 0 Å². The Hall–Kier alpha value is -3.10. The van der Waals surface area contributed by atoms with Gasteiger partial charge in [0.05, 0.1) is 12.9 Å². The standard InChI is InChI=1S/C26H28ClN5O2S/c1-34-23-12-6-5-8-19(23)9-7-17-28-29-24(33)18-35-26-31-30-25(20-13-15-21(27)16-14-20)32(26)22-10-3-2-4-11-22/h5-9,12-17,22H,2-4,10-11,18H2,1H3,(H,29,33)/b9-7+,28-17+. The van der Waals surface area contributed by atoms with Crippen molar-refractivity contribution < 1.29 is 9.53 Å². The molecule has 0 spiro atoms. The van der Waals surface area contributed by atoms with E-state index in [4.69, 9.17) is 16.3 Å². The number of aromatic nitrogens is 3. The fourth-order valence-electron chi connectivity index (χ4n) is 4.11. The van der Waals surface area contributed by atoms with Gasteiger partial charge in [-0.1, -0.05) is 60.8 Å². The fourth-order valence-corrected chi connectivity index (χ4v) is 5.03. The highest BCUT2D eigenvalue weighted by molar-refractivity contribution is 7.99. The summed E-state index contributed by atoms with van der Waals surface area (Å²) >= 11 is 7.45. The first-order chi connectivity index (χ1) is 17.2. The second-order valence-electron chi connectivity index (χ2n) is 8.18. The molecule has 0 saturated heterocycles. The van der Waals surface area contributed by atoms with Crippen LogP contribution in [0, 0.1) is 0 Å². The summed E-state index contributed by atoms with van der Waals surface area (Å²) in [5.41, 5.74) is 4.47. The molecule has 7 nitrogen and oxygen atoms in total. The van der Waals surface area contributed by atoms with Gasteiger partial charge in [0.2, 0.25) is 0 Å². The number of ether oxygens (including phenoxy) is 1. The van der Waals surface area contributed by atoms with Gasteiger partial charge in [-0.2, -0.15) is 5.10 Å². The number of allylic oxidation sites excluding steroid dienone is 1. The summed E-state index contributed by atoms with van der Waals surface area (Å²) in [6.07, 6.45) is 11.0. The molecule has 1 aromatic heterocycles. The number of halogens is 1. The van der Waals surface area contributed by atoms with Gasteiger partial charge in [0.15, 0.2) is 11.0 Å². The van der Waals surface area contributed by atoms with Crippen LogP contribution in [0.15, 0.2) is 64.9 Å². The average molecular weight is 510 g/mol. The Labute approximate surface area is 214 Å². The van der Waals surface area contributed by atoms with Crippen molar-refractivity contribution in [2.24, 2.45) is 5.10 Å². The number of hydrogen-bond donors (Lipinski definition) is 1. The van der Waals surface area contributed by atoms with Gasteiger partial charge >= 0.3 is 0 Å². The van der Waals surface area contributed by atoms with Crippen LogP contribution in [0.2, 0.25) is 5.02 Å². The summed E-state index contributed by atoms with van der Waals surface area (Å²) in [7, 11) is 1.63. The zero-order valence-electron chi connectivity index (χ0n) is 19.6. The van der Waals surface area contributed by atoms with Crippen molar-refractivity contribution in [2.45, 2.75) is 43.3 Å². The molecule has 3 aromatic rings. The minimum Gasteiger partial charge on any atom is -0.496 e. The van der Waals surface area contributed by atoms with E-state index in [2.05, 4.69) is 25.3 Å². The van der Waals surface area contributed by atoms with Gasteiger partial charge in [-0.3, -0.25) is 9.36 Å². The summed E-state index contributed by atoms with van der Waals surface area (Å²) < 4.78 is 7.51. The number of thioether (sulfide) groups is 1. The molecule has 1 fully saturated rings. The molecule has 4 rings (SSSR count). The van der Waals surface area contributed by atoms with E-state index in [1.54, 1.807) is 13.2 Å². The van der Waals surface area contributed by atoms with E-state index in [-0.39, 0.29) is 11.7 Å². The summed E-state index contributed by atoms with van der Waals surface area (Å²) in [6, 6.07) is 15.6. The van der Waals surface area contributed by atoms with Crippen LogP contribution in [-0.4, -0.2) is 39.7 Å². The minimum absolute atomic E-state index is 0.193. The molecule has 1 saturated carbocycles. The average Bonchev–Trinajstić information content (AvgIpc) is 3.32. The summed E-state index contributed by atoms with van der Waals surface area (Å²) in [4.78, 5) is 12.4. The topological polar surface area (TPSA) is 81.4 Å². The van der Waals surface area contributed by atoms with Gasteiger partial charge in [0, 0.05) is 28.4 Å². The van der Waals surface area contributed by atoms with Crippen LogP contribution in [0.5, 0.6) is 5.75 Å². The number of hydrazone groups is 1. The summed E-state index contributed by atoms with van der Waals surface area (Å²) in [5.74, 6) is 1.58. The number of nitrogens with one attached hydrogen (secondary N) is 1. The lowest BCUT2D eigenvalue weighted by Crippen LogP contribution is -2.20. The molecule has 1 aliphatic carbocycles. The second-order valence-corrected chi connectivity index (χ2v) is 9.56. The van der Waals surface area contributed by atoms with Crippen LogP contribution in [0.1, 0.15) is 43.7 Å². The molecular weight excluding hydrogens is 482 g/mol. The van der Waals surface area contributed by atoms with Crippen LogP contribution in [-0.2, 0) is 4.79 Å². The lowest BCUT2D eigenvalue weighted by Gasteiger charge is -2.25. The molecular formula is C26H28ClN5O2S. The van der Waals surface area contributed by atoms with Crippen LogP contribution in [0.25, 0.3) is 17.5 Å². The molecule has 9 heteroatoms. The smallest absolute Gasteiger partial charge is 0.250 e. The van der Waals surface area contributed by atoms with Gasteiger partial charge in [-0.15, -0.1) is 10.2 Å². The molecule has 1 amide bonds. The zero-order chi connectivity index (χ0) is 24.5. The highest BCUT2D eigenvalue weighted by Gasteiger charge is 2.24. The normalized spacial score (nSPS) is 14.6. The molecule has 182 valence electrons. The van der Waals surface area contributed by atoms with Crippen molar-refractivity contribution >= 4 is 41.6 Å². The SMILES string of the molecule is COc1ccccc1/C=C/C=N/NC(=O)CSc1nnc(-c2ccc(Cl)cc2)n1C1CCCCC1. The lowest BCUT2D eigenvalue weighted by atomic mass is 9.95. The molecule has 1 N–H and O–H groups in total. The maximum atomic E-state index is 12.4. The number of benzene rings is 2. The molecule has 1 heterocycles. The quantitative estimate of drug-likeness (QED) is 0.217. The van der Waals surface area contributed by atoms with Crippen LogP contribution < -0.4 is 10.2 Å². The summed E-state index contributed by atoms with van der Waals surface area (Å²) in [5, 5.41) is 14.3. The Morgan fingerprint density at radius 1 is 1.17 bits per heavy atom. The molecule has 1 aliphatic rings. The van der Waals surface area contributed by atoms with E-state index < -0.39 is 0 Å². The van der Waals surface area contributed by atoms with Crippen molar-refractivity contribution in [2.75, 3.05) is 12.9 Å². The maximum absolute atomic E-state index is 12.4. The summed E-state index contributed by atoms with van der Waals surface area (Å²) in [6.45, 7) is 0. The number of carbonyl (C=O) groups excluding carboxylic acids is 1. The van der Waals surface area contributed by atoms with Gasteiger partial charge in [0.25, 0.3) is 5.91 Å². The van der Waals surface area contributed by atoms with Gasteiger partial charge in [-0.25, -0.2) is 5.43 Å². The third-order valence-corrected chi connectivity index (χ3v) is 7.00. The predicted molar refractivity (Wildman–Crippen MR) is 142 cm³/mol. The largest absolute Gasteiger partial charge is 0.496 e. The first-order valence-electron chi connectivity index (χ1n) is 11.6. The Balaban J connectivity index is 1.38. The number of para-hydroxylation sites is 1. The number of nitrogens with zero attached hydrogens (tertiary/aromatic N) is 4. The molecule has 0 atom stereocenters. The monoisotopic (exact) mass is 509 g/mol. The number of hydrogen-bond acceptors (Lipinski definition) is 6. The van der Waals surface area contributed by atoms with E-state index >= 15 is 0 Å². The van der Waals surface area contributed by atoms with Crippen molar-refractivity contribution in [3.8, 4) is 17.1 Å². The second kappa shape index (κ2) is 12.6. The minimum atomic E-state index is -0.205. The Bertz CT molecular complexity index is 1190. The Morgan fingerprint density at radius 2 is 1.94 bits per heavy atom. The van der Waals surface area contributed by atoms with E-state index in [1.165, 1.54) is 37.2 Å². The van der Waals surface area contributed by atoms with Crippen molar-refractivity contribution in [3.05, 3.63) is 65.2 Å². The Kier molecular flexibility index (Phi) is 8.97. The Morgan fingerprint density at radius 3 is 2.71 bits per heavy atom. The van der Waals surface area contributed by atoms with Gasteiger partial charge < -0.3 is 4.74 Å². The highest BCUT2D eigenvalue weighted by atomic mass is 35.5. The van der Waals surface area contributed by atoms with E-state index in [0.29, 0.717) is 11.1 Å². The highest BCUT2D eigenvalue weighted by Crippen LogP contribution is 2.35. The van der Waals surface area contributed by atoms with E-state index in [9.17, 15) is 4.79 Å². The van der Waals surface area contributed by atoms with Crippen LogP contribution in [0.4, 0.5) is 0 Å². The number of carbonyl (C=O) groups is 1. The maximum Gasteiger partial charge on any atom is 0.250 e. The fraction of sp³-hybridized carbons (Fsp3) is 0.308. The van der Waals surface area contributed by atoms with Crippen LogP contribution in [0.3, 0.4) is 0 Å². The third kappa shape index (κ3) is 6.74. The van der Waals surface area contributed by atoms with Gasteiger partial charge in [-0.05, 0) is 55.3 Å². The van der Waals surface area contributed by atoms with Crippen LogP contribution >= 0.6 is 23.4 Å². The molecule has 35 heavy (non-hydrogen) atoms.